The van der Waals surface area contributed by atoms with Crippen LogP contribution in [0.4, 0.5) is 10.2 Å². The lowest BCUT2D eigenvalue weighted by atomic mass is 10.0. The first-order valence-electron chi connectivity index (χ1n) is 4.46. The summed E-state index contributed by atoms with van der Waals surface area (Å²) in [6.45, 7) is 2.61. The number of aryl methyl sites for hydroxylation is 1. The van der Waals surface area contributed by atoms with Crippen molar-refractivity contribution in [3.05, 3.63) is 17.3 Å². The van der Waals surface area contributed by atoms with Crippen molar-refractivity contribution < 1.29 is 4.39 Å². The monoisotopic (exact) mass is 197 g/mol. The van der Waals surface area contributed by atoms with Crippen molar-refractivity contribution in [3.8, 4) is 0 Å². The number of anilines is 1. The summed E-state index contributed by atoms with van der Waals surface area (Å²) in [5.74, 6) is 5.26. The van der Waals surface area contributed by atoms with Crippen molar-refractivity contribution >= 4 is 5.82 Å². The number of halogens is 1. The minimum absolute atomic E-state index is 0.00352. The number of hydrazine groups is 1. The highest BCUT2D eigenvalue weighted by atomic mass is 19.1. The molecule has 2 heterocycles. The average molecular weight is 197 g/mol. The molecule has 0 aromatic carbocycles. The second-order valence-corrected chi connectivity index (χ2v) is 3.26. The lowest BCUT2D eigenvalue weighted by Gasteiger charge is -2.27. The van der Waals surface area contributed by atoms with Crippen molar-refractivity contribution in [2.45, 2.75) is 19.4 Å². The first kappa shape index (κ1) is 9.29. The number of aromatic nitrogens is 2. The summed E-state index contributed by atoms with van der Waals surface area (Å²) < 4.78 is 13.6. The Bertz CT molecular complexity index is 350. The van der Waals surface area contributed by atoms with Gasteiger partial charge >= 0.3 is 0 Å². The molecule has 1 unspecified atom stereocenters. The normalized spacial score (nSPS) is 20.4. The molecule has 1 saturated heterocycles. The van der Waals surface area contributed by atoms with Gasteiger partial charge in [0.1, 0.15) is 5.82 Å². The van der Waals surface area contributed by atoms with Gasteiger partial charge in [-0.05, 0) is 19.9 Å². The van der Waals surface area contributed by atoms with E-state index in [4.69, 9.17) is 5.84 Å². The summed E-state index contributed by atoms with van der Waals surface area (Å²) in [4.78, 5) is 7.90. The van der Waals surface area contributed by atoms with E-state index in [2.05, 4.69) is 20.7 Å². The van der Waals surface area contributed by atoms with Crippen LogP contribution in [-0.4, -0.2) is 16.5 Å². The maximum atomic E-state index is 13.6. The molecule has 1 fully saturated rings. The van der Waals surface area contributed by atoms with E-state index in [-0.39, 0.29) is 11.9 Å². The van der Waals surface area contributed by atoms with E-state index in [0.29, 0.717) is 11.5 Å². The van der Waals surface area contributed by atoms with Crippen LogP contribution >= 0.6 is 0 Å². The molecule has 76 valence electrons. The van der Waals surface area contributed by atoms with Gasteiger partial charge in [0.25, 0.3) is 0 Å². The second kappa shape index (κ2) is 3.47. The number of nitrogen functional groups attached to an aromatic ring is 1. The molecule has 1 atom stereocenters. The lowest BCUT2D eigenvalue weighted by Crippen LogP contribution is -2.36. The molecule has 14 heavy (non-hydrogen) atoms. The molecule has 1 aliphatic heterocycles. The van der Waals surface area contributed by atoms with Crippen LogP contribution in [0.2, 0.25) is 0 Å². The smallest absolute Gasteiger partial charge is 0.189 e. The molecule has 0 bridgehead atoms. The lowest BCUT2D eigenvalue weighted by molar-refractivity contribution is 0.359. The van der Waals surface area contributed by atoms with Crippen molar-refractivity contribution in [2.75, 3.05) is 12.0 Å². The third-order valence-corrected chi connectivity index (χ3v) is 2.28. The molecular formula is C8H12FN5. The largest absolute Gasteiger partial charge is 0.308 e. The SMILES string of the molecule is Cc1nc(NN)c(F)c(C2CCN2)n1. The summed E-state index contributed by atoms with van der Waals surface area (Å²) in [7, 11) is 0. The Morgan fingerprint density at radius 3 is 2.79 bits per heavy atom. The topological polar surface area (TPSA) is 75.9 Å². The summed E-state index contributed by atoms with van der Waals surface area (Å²) in [6.07, 6.45) is 0.900. The predicted octanol–water partition coefficient (Wildman–Crippen LogP) is 0.244. The molecule has 0 spiro atoms. The van der Waals surface area contributed by atoms with Gasteiger partial charge < -0.3 is 10.7 Å². The molecule has 1 aliphatic rings. The van der Waals surface area contributed by atoms with Gasteiger partial charge in [-0.15, -0.1) is 0 Å². The van der Waals surface area contributed by atoms with Crippen molar-refractivity contribution in [3.63, 3.8) is 0 Å². The van der Waals surface area contributed by atoms with Gasteiger partial charge in [0.15, 0.2) is 11.6 Å². The Morgan fingerprint density at radius 1 is 1.57 bits per heavy atom. The van der Waals surface area contributed by atoms with Crippen LogP contribution in [0.5, 0.6) is 0 Å². The van der Waals surface area contributed by atoms with Crippen LogP contribution in [0.25, 0.3) is 0 Å². The molecule has 1 aromatic heterocycles. The van der Waals surface area contributed by atoms with Crippen LogP contribution in [0, 0.1) is 12.7 Å². The van der Waals surface area contributed by atoms with Gasteiger partial charge in [0.05, 0.1) is 11.7 Å². The van der Waals surface area contributed by atoms with Gasteiger partial charge in [-0.3, -0.25) is 0 Å². The third-order valence-electron chi connectivity index (χ3n) is 2.28. The van der Waals surface area contributed by atoms with Gasteiger partial charge in [-0.25, -0.2) is 20.2 Å². The molecule has 1 aromatic rings. The zero-order valence-electron chi connectivity index (χ0n) is 7.84. The minimum atomic E-state index is -0.463. The first-order chi connectivity index (χ1) is 6.72. The number of nitrogens with zero attached hydrogens (tertiary/aromatic N) is 2. The first-order valence-corrected chi connectivity index (χ1v) is 4.46. The van der Waals surface area contributed by atoms with E-state index in [1.807, 2.05) is 0 Å². The zero-order chi connectivity index (χ0) is 10.1. The molecular weight excluding hydrogens is 185 g/mol. The molecule has 0 amide bonds. The van der Waals surface area contributed by atoms with Crippen LogP contribution in [0.3, 0.4) is 0 Å². The van der Waals surface area contributed by atoms with E-state index in [9.17, 15) is 4.39 Å². The fourth-order valence-corrected chi connectivity index (χ4v) is 1.43. The van der Waals surface area contributed by atoms with E-state index in [1.165, 1.54) is 0 Å². The molecule has 0 radical (unpaired) electrons. The van der Waals surface area contributed by atoms with Gasteiger partial charge in [-0.1, -0.05) is 0 Å². The summed E-state index contributed by atoms with van der Waals surface area (Å²) >= 11 is 0. The summed E-state index contributed by atoms with van der Waals surface area (Å²) in [6, 6.07) is 0.00352. The Morgan fingerprint density at radius 2 is 2.29 bits per heavy atom. The Labute approximate surface area is 80.9 Å². The fourth-order valence-electron chi connectivity index (χ4n) is 1.43. The van der Waals surface area contributed by atoms with Crippen molar-refractivity contribution in [1.29, 1.82) is 0 Å². The van der Waals surface area contributed by atoms with Gasteiger partial charge in [0, 0.05) is 0 Å². The Kier molecular flexibility index (Phi) is 2.30. The molecule has 0 saturated carbocycles. The van der Waals surface area contributed by atoms with Crippen LogP contribution < -0.4 is 16.6 Å². The molecule has 2 rings (SSSR count). The highest BCUT2D eigenvalue weighted by Gasteiger charge is 2.25. The van der Waals surface area contributed by atoms with Gasteiger partial charge in [-0.2, -0.15) is 0 Å². The number of nitrogens with two attached hydrogens (primary N) is 1. The maximum Gasteiger partial charge on any atom is 0.189 e. The average Bonchev–Trinajstić information content (AvgIpc) is 2.07. The minimum Gasteiger partial charge on any atom is -0.308 e. The maximum absolute atomic E-state index is 13.6. The summed E-state index contributed by atoms with van der Waals surface area (Å²) in [5, 5.41) is 3.08. The van der Waals surface area contributed by atoms with E-state index in [1.54, 1.807) is 6.92 Å². The van der Waals surface area contributed by atoms with E-state index < -0.39 is 5.82 Å². The number of rotatable bonds is 2. The fraction of sp³-hybridized carbons (Fsp3) is 0.500. The standard InChI is InChI=1S/C8H12FN5/c1-4-12-7(5-2-3-11-5)6(9)8(13-4)14-10/h5,11H,2-3,10H2,1H3,(H,12,13,14). The Balaban J connectivity index is 2.41. The van der Waals surface area contributed by atoms with E-state index in [0.717, 1.165) is 13.0 Å². The molecule has 4 N–H and O–H groups in total. The Hall–Kier alpha value is -1.27. The summed E-state index contributed by atoms with van der Waals surface area (Å²) in [5.41, 5.74) is 2.63. The van der Waals surface area contributed by atoms with E-state index >= 15 is 0 Å². The highest BCUT2D eigenvalue weighted by molar-refractivity contribution is 5.38. The van der Waals surface area contributed by atoms with Crippen LogP contribution in [0.15, 0.2) is 0 Å². The molecule has 6 heteroatoms. The second-order valence-electron chi connectivity index (χ2n) is 3.26. The molecule has 0 aliphatic carbocycles. The highest BCUT2D eigenvalue weighted by Crippen LogP contribution is 2.26. The van der Waals surface area contributed by atoms with Gasteiger partial charge in [0.2, 0.25) is 0 Å². The third kappa shape index (κ3) is 1.42. The van der Waals surface area contributed by atoms with Crippen LogP contribution in [0.1, 0.15) is 24.0 Å². The van der Waals surface area contributed by atoms with Crippen molar-refractivity contribution in [2.24, 2.45) is 5.84 Å². The van der Waals surface area contributed by atoms with Crippen molar-refractivity contribution in [1.82, 2.24) is 15.3 Å². The number of hydrogen-bond donors (Lipinski definition) is 3. The number of hydrogen-bond acceptors (Lipinski definition) is 5. The number of nitrogens with one attached hydrogen (secondary N) is 2. The zero-order valence-corrected chi connectivity index (χ0v) is 7.84. The quantitative estimate of drug-likeness (QED) is 0.468. The van der Waals surface area contributed by atoms with Crippen LogP contribution in [-0.2, 0) is 0 Å². The predicted molar refractivity (Wildman–Crippen MR) is 49.9 cm³/mol. The molecule has 5 nitrogen and oxygen atoms in total.